The van der Waals surface area contributed by atoms with Gasteiger partial charge in [0.15, 0.2) is 5.85 Å². The highest BCUT2D eigenvalue weighted by Crippen LogP contribution is 2.53. The van der Waals surface area contributed by atoms with E-state index >= 15 is 0 Å². The summed E-state index contributed by atoms with van der Waals surface area (Å²) in [5.41, 5.74) is -0.657. The number of aliphatic hydroxyl groups is 1. The Balaban J connectivity index is 5.04. The molecule has 0 aliphatic rings. The van der Waals surface area contributed by atoms with Gasteiger partial charge in [-0.2, -0.15) is 0 Å². The van der Waals surface area contributed by atoms with E-state index in [1.54, 1.807) is 34.6 Å². The van der Waals surface area contributed by atoms with Gasteiger partial charge in [0.05, 0.1) is 19.3 Å². The zero-order chi connectivity index (χ0) is 17.4. The SMILES string of the molecule is CCC[C@H](NC(=O)OC(C)(C)C)[C@H](O)P(=O)(OCC)OCC. The van der Waals surface area contributed by atoms with Crippen LogP contribution in [0.2, 0.25) is 0 Å². The predicted octanol–water partition coefficient (Wildman–Crippen LogP) is 3.26. The van der Waals surface area contributed by atoms with Crippen LogP contribution in [-0.2, 0) is 18.3 Å². The zero-order valence-electron chi connectivity index (χ0n) is 14.4. The van der Waals surface area contributed by atoms with Crippen molar-refractivity contribution in [1.29, 1.82) is 0 Å². The molecule has 0 fully saturated rings. The molecule has 2 N–H and O–H groups in total. The molecule has 7 nitrogen and oxygen atoms in total. The molecule has 0 radical (unpaired) electrons. The number of nitrogens with one attached hydrogen (secondary N) is 1. The summed E-state index contributed by atoms with van der Waals surface area (Å²) in [5, 5.41) is 12.9. The molecule has 0 aliphatic carbocycles. The van der Waals surface area contributed by atoms with Crippen LogP contribution >= 0.6 is 7.60 Å². The summed E-state index contributed by atoms with van der Waals surface area (Å²) in [6.07, 6.45) is 0.421. The minimum absolute atomic E-state index is 0.139. The molecule has 0 aromatic rings. The van der Waals surface area contributed by atoms with Crippen molar-refractivity contribution in [3.8, 4) is 0 Å². The number of hydrogen-bond acceptors (Lipinski definition) is 6. The van der Waals surface area contributed by atoms with Gasteiger partial charge in [-0.1, -0.05) is 13.3 Å². The molecule has 0 heterocycles. The van der Waals surface area contributed by atoms with E-state index in [2.05, 4.69) is 5.32 Å². The Morgan fingerprint density at radius 2 is 1.68 bits per heavy atom. The van der Waals surface area contributed by atoms with Crippen LogP contribution < -0.4 is 5.32 Å². The highest BCUT2D eigenvalue weighted by Gasteiger charge is 2.40. The fourth-order valence-corrected chi connectivity index (χ4v) is 3.60. The van der Waals surface area contributed by atoms with Gasteiger partial charge < -0.3 is 24.2 Å². The van der Waals surface area contributed by atoms with Crippen LogP contribution in [0.15, 0.2) is 0 Å². The first-order chi connectivity index (χ1) is 10.1. The van der Waals surface area contributed by atoms with Crippen molar-refractivity contribution in [3.63, 3.8) is 0 Å². The van der Waals surface area contributed by atoms with E-state index in [9.17, 15) is 14.5 Å². The number of hydrogen-bond donors (Lipinski definition) is 2. The molecular formula is C14H30NO6P. The number of rotatable bonds is 9. The average Bonchev–Trinajstić information content (AvgIpc) is 2.35. The van der Waals surface area contributed by atoms with E-state index in [0.29, 0.717) is 12.8 Å². The van der Waals surface area contributed by atoms with Crippen LogP contribution in [-0.4, -0.2) is 41.9 Å². The molecule has 0 aromatic heterocycles. The molecule has 0 saturated carbocycles. The third kappa shape index (κ3) is 7.58. The third-order valence-corrected chi connectivity index (χ3v) is 4.85. The first-order valence-corrected chi connectivity index (χ1v) is 9.27. The van der Waals surface area contributed by atoms with E-state index in [-0.39, 0.29) is 13.2 Å². The molecule has 0 aliphatic heterocycles. The fraction of sp³-hybridized carbons (Fsp3) is 0.929. The van der Waals surface area contributed by atoms with Crippen LogP contribution in [0, 0.1) is 0 Å². The first-order valence-electron chi connectivity index (χ1n) is 7.66. The van der Waals surface area contributed by atoms with Crippen LogP contribution in [0.3, 0.4) is 0 Å². The van der Waals surface area contributed by atoms with Gasteiger partial charge in [0.2, 0.25) is 0 Å². The maximum absolute atomic E-state index is 12.6. The summed E-state index contributed by atoms with van der Waals surface area (Å²) in [7, 11) is -3.72. The Morgan fingerprint density at radius 1 is 1.18 bits per heavy atom. The maximum Gasteiger partial charge on any atom is 0.407 e. The molecule has 0 unspecified atom stereocenters. The lowest BCUT2D eigenvalue weighted by molar-refractivity contribution is 0.0443. The number of amides is 1. The van der Waals surface area contributed by atoms with Crippen molar-refractivity contribution in [2.75, 3.05) is 13.2 Å². The summed E-state index contributed by atoms with van der Waals surface area (Å²) in [6, 6.07) is -0.774. The second kappa shape index (κ2) is 9.50. The van der Waals surface area contributed by atoms with Gasteiger partial charge in [-0.15, -0.1) is 0 Å². The van der Waals surface area contributed by atoms with Gasteiger partial charge in [-0.05, 0) is 41.0 Å². The van der Waals surface area contributed by atoms with Crippen molar-refractivity contribution in [2.45, 2.75) is 71.9 Å². The zero-order valence-corrected chi connectivity index (χ0v) is 15.3. The normalized spacial score (nSPS) is 15.2. The average molecular weight is 339 g/mol. The molecule has 1 amide bonds. The van der Waals surface area contributed by atoms with Gasteiger partial charge in [0.25, 0.3) is 0 Å². The minimum atomic E-state index is -3.72. The van der Waals surface area contributed by atoms with Crippen LogP contribution in [0.4, 0.5) is 4.79 Å². The van der Waals surface area contributed by atoms with Gasteiger partial charge in [-0.3, -0.25) is 4.57 Å². The van der Waals surface area contributed by atoms with E-state index < -0.39 is 31.2 Å². The second-order valence-corrected chi connectivity index (χ2v) is 7.96. The Kier molecular flexibility index (Phi) is 9.24. The standard InChI is InChI=1S/C14H30NO6P/c1-7-10-11(15-13(17)21-14(4,5)6)12(16)22(18,19-8-2)20-9-3/h11-12,16H,7-10H2,1-6H3,(H,15,17)/t11-,12+/m0/s1. The number of carbonyl (C=O) groups is 1. The van der Waals surface area contributed by atoms with E-state index in [0.717, 1.165) is 0 Å². The number of carbonyl (C=O) groups excluding carboxylic acids is 1. The van der Waals surface area contributed by atoms with Crippen LogP contribution in [0.25, 0.3) is 0 Å². The molecule has 2 atom stereocenters. The molecule has 0 rings (SSSR count). The summed E-state index contributed by atoms with van der Waals surface area (Å²) >= 11 is 0. The molecule has 8 heteroatoms. The monoisotopic (exact) mass is 339 g/mol. The quantitative estimate of drug-likeness (QED) is 0.626. The van der Waals surface area contributed by atoms with Gasteiger partial charge >= 0.3 is 13.7 Å². The Hall–Kier alpha value is -0.620. The van der Waals surface area contributed by atoms with Crippen LogP contribution in [0.1, 0.15) is 54.4 Å². The van der Waals surface area contributed by atoms with E-state index in [1.165, 1.54) is 0 Å². The number of ether oxygens (including phenoxy) is 1. The predicted molar refractivity (Wildman–Crippen MR) is 84.9 cm³/mol. The molecular weight excluding hydrogens is 309 g/mol. The molecule has 132 valence electrons. The maximum atomic E-state index is 12.6. The Labute approximate surface area is 133 Å². The first kappa shape index (κ1) is 21.4. The van der Waals surface area contributed by atoms with Crippen molar-refractivity contribution in [2.24, 2.45) is 0 Å². The molecule has 0 bridgehead atoms. The minimum Gasteiger partial charge on any atom is -0.444 e. The lowest BCUT2D eigenvalue weighted by Crippen LogP contribution is -2.45. The highest BCUT2D eigenvalue weighted by atomic mass is 31.2. The smallest absolute Gasteiger partial charge is 0.407 e. The molecule has 0 spiro atoms. The summed E-state index contributed by atoms with van der Waals surface area (Å²) in [5.74, 6) is -1.44. The number of alkyl carbamates (subject to hydrolysis) is 1. The lowest BCUT2D eigenvalue weighted by atomic mass is 10.2. The molecule has 0 saturated heterocycles. The Bertz CT molecular complexity index is 372. The van der Waals surface area contributed by atoms with E-state index in [1.807, 2.05) is 6.92 Å². The highest BCUT2D eigenvalue weighted by molar-refractivity contribution is 7.54. The number of aliphatic hydroxyl groups excluding tert-OH is 1. The van der Waals surface area contributed by atoms with Gasteiger partial charge in [0.1, 0.15) is 5.60 Å². The largest absolute Gasteiger partial charge is 0.444 e. The second-order valence-electron chi connectivity index (χ2n) is 5.83. The summed E-state index contributed by atoms with van der Waals surface area (Å²) in [6.45, 7) is 10.7. The topological polar surface area (TPSA) is 94.1 Å². The van der Waals surface area contributed by atoms with Crippen molar-refractivity contribution >= 4 is 13.7 Å². The van der Waals surface area contributed by atoms with Gasteiger partial charge in [-0.25, -0.2) is 4.79 Å². The summed E-state index contributed by atoms with van der Waals surface area (Å²) < 4.78 is 28.0. The Morgan fingerprint density at radius 3 is 2.05 bits per heavy atom. The van der Waals surface area contributed by atoms with E-state index in [4.69, 9.17) is 13.8 Å². The van der Waals surface area contributed by atoms with Crippen molar-refractivity contribution < 1.29 is 28.3 Å². The molecule has 0 aromatic carbocycles. The van der Waals surface area contributed by atoms with Crippen molar-refractivity contribution in [3.05, 3.63) is 0 Å². The van der Waals surface area contributed by atoms with Crippen molar-refractivity contribution in [1.82, 2.24) is 5.32 Å². The third-order valence-electron chi connectivity index (χ3n) is 2.60. The fourth-order valence-electron chi connectivity index (χ4n) is 1.84. The molecule has 22 heavy (non-hydrogen) atoms. The lowest BCUT2D eigenvalue weighted by Gasteiger charge is -2.30. The van der Waals surface area contributed by atoms with Gasteiger partial charge in [0, 0.05) is 0 Å². The van der Waals surface area contributed by atoms with Crippen LogP contribution in [0.5, 0.6) is 0 Å². The summed E-state index contributed by atoms with van der Waals surface area (Å²) in [4.78, 5) is 11.9.